The molecule has 1 fully saturated rings. The summed E-state index contributed by atoms with van der Waals surface area (Å²) >= 11 is 4.68. The third kappa shape index (κ3) is 5.31. The number of halogens is 1. The van der Waals surface area contributed by atoms with Gasteiger partial charge in [0.2, 0.25) is 5.91 Å². The Morgan fingerprint density at radius 2 is 1.93 bits per heavy atom. The van der Waals surface area contributed by atoms with Gasteiger partial charge >= 0.3 is 5.97 Å². The number of fused-ring (bicyclic) bond motifs is 1. The van der Waals surface area contributed by atoms with E-state index in [0.29, 0.717) is 25.3 Å². The lowest BCUT2D eigenvalue weighted by Gasteiger charge is -2.22. The highest BCUT2D eigenvalue weighted by molar-refractivity contribution is 9.10. The minimum Gasteiger partial charge on any atom is -0.481 e. The molecule has 0 aliphatic heterocycles. The molecule has 0 bridgehead atoms. The number of nitrogens with one attached hydrogen (secondary N) is 2. The van der Waals surface area contributed by atoms with Crippen LogP contribution in [0.4, 0.5) is 5.00 Å². The van der Waals surface area contributed by atoms with Gasteiger partial charge in [-0.25, -0.2) is 4.79 Å². The van der Waals surface area contributed by atoms with Crippen LogP contribution in [0.2, 0.25) is 0 Å². The number of hydrogen-bond acceptors (Lipinski definition) is 6. The first-order valence-corrected chi connectivity index (χ1v) is 11.6. The van der Waals surface area contributed by atoms with Gasteiger partial charge in [0.05, 0.1) is 15.8 Å². The Balaban J connectivity index is 1.86. The second-order valence-corrected chi connectivity index (χ2v) is 9.03. The average Bonchev–Trinajstić information content (AvgIpc) is 3.05. The SMILES string of the molecule is CCOC(=O)c1c(NC(C)=O)sc2c(OCC(=O)NC3CCCCC3)c(Br)ccc12. The Kier molecular flexibility index (Phi) is 7.71. The highest BCUT2D eigenvalue weighted by atomic mass is 79.9. The van der Waals surface area contributed by atoms with E-state index >= 15 is 0 Å². The fraction of sp³-hybridized carbons (Fsp3) is 0.476. The molecule has 1 aliphatic rings. The lowest BCUT2D eigenvalue weighted by atomic mass is 9.95. The van der Waals surface area contributed by atoms with Crippen LogP contribution < -0.4 is 15.4 Å². The monoisotopic (exact) mass is 496 g/mol. The number of rotatable bonds is 7. The molecule has 0 spiro atoms. The van der Waals surface area contributed by atoms with Crippen molar-refractivity contribution in [2.75, 3.05) is 18.5 Å². The fourth-order valence-electron chi connectivity index (χ4n) is 3.55. The fourth-order valence-corrected chi connectivity index (χ4v) is 5.37. The Morgan fingerprint density at radius 3 is 2.60 bits per heavy atom. The van der Waals surface area contributed by atoms with Crippen molar-refractivity contribution in [3.05, 3.63) is 22.2 Å². The second-order valence-electron chi connectivity index (χ2n) is 7.15. The van der Waals surface area contributed by atoms with E-state index in [1.807, 2.05) is 0 Å². The summed E-state index contributed by atoms with van der Waals surface area (Å²) in [4.78, 5) is 36.5. The molecular formula is C21H25BrN2O5S. The normalized spacial score (nSPS) is 14.4. The van der Waals surface area contributed by atoms with Crippen molar-refractivity contribution in [2.45, 2.75) is 52.0 Å². The zero-order valence-corrected chi connectivity index (χ0v) is 19.4. The van der Waals surface area contributed by atoms with Crippen molar-refractivity contribution in [1.82, 2.24) is 5.32 Å². The quantitative estimate of drug-likeness (QED) is 0.545. The zero-order chi connectivity index (χ0) is 21.7. The Bertz CT molecular complexity index is 953. The van der Waals surface area contributed by atoms with Crippen molar-refractivity contribution in [3.63, 3.8) is 0 Å². The number of esters is 1. The largest absolute Gasteiger partial charge is 0.481 e. The van der Waals surface area contributed by atoms with E-state index in [4.69, 9.17) is 9.47 Å². The van der Waals surface area contributed by atoms with Crippen LogP contribution in [-0.2, 0) is 14.3 Å². The first-order valence-electron chi connectivity index (χ1n) is 10.0. The average molecular weight is 497 g/mol. The summed E-state index contributed by atoms with van der Waals surface area (Å²) in [6.07, 6.45) is 5.48. The number of hydrogen-bond donors (Lipinski definition) is 2. The molecule has 1 heterocycles. The highest BCUT2D eigenvalue weighted by Gasteiger charge is 2.24. The summed E-state index contributed by atoms with van der Waals surface area (Å²) in [5.74, 6) is -0.523. The van der Waals surface area contributed by atoms with Gasteiger partial charge in [-0.2, -0.15) is 0 Å². The van der Waals surface area contributed by atoms with Crippen molar-refractivity contribution in [3.8, 4) is 5.75 Å². The van der Waals surface area contributed by atoms with E-state index in [2.05, 4.69) is 26.6 Å². The lowest BCUT2D eigenvalue weighted by Crippen LogP contribution is -2.39. The maximum atomic E-state index is 12.5. The number of amides is 2. The molecule has 0 saturated heterocycles. The molecule has 1 aliphatic carbocycles. The van der Waals surface area contributed by atoms with Crippen LogP contribution in [0.1, 0.15) is 56.3 Å². The Morgan fingerprint density at radius 1 is 1.20 bits per heavy atom. The van der Waals surface area contributed by atoms with Crippen LogP contribution in [0.15, 0.2) is 16.6 Å². The first kappa shape index (κ1) is 22.6. The smallest absolute Gasteiger partial charge is 0.341 e. The van der Waals surface area contributed by atoms with E-state index in [0.717, 1.165) is 25.7 Å². The Hall–Kier alpha value is -2.13. The van der Waals surface area contributed by atoms with Gasteiger partial charge in [0, 0.05) is 18.4 Å². The van der Waals surface area contributed by atoms with E-state index in [-0.39, 0.29) is 36.6 Å². The number of carbonyl (C=O) groups excluding carboxylic acids is 3. The van der Waals surface area contributed by atoms with Gasteiger partial charge < -0.3 is 20.1 Å². The minimum atomic E-state index is -0.518. The van der Waals surface area contributed by atoms with Crippen molar-refractivity contribution >= 4 is 60.1 Å². The van der Waals surface area contributed by atoms with Crippen molar-refractivity contribution in [2.24, 2.45) is 0 Å². The van der Waals surface area contributed by atoms with E-state index < -0.39 is 5.97 Å². The maximum absolute atomic E-state index is 12.5. The molecule has 2 amide bonds. The molecule has 0 atom stereocenters. The van der Waals surface area contributed by atoms with Crippen LogP contribution >= 0.6 is 27.3 Å². The number of benzene rings is 1. The molecule has 0 radical (unpaired) electrons. The van der Waals surface area contributed by atoms with Crippen molar-refractivity contribution < 1.29 is 23.9 Å². The van der Waals surface area contributed by atoms with E-state index in [1.54, 1.807) is 19.1 Å². The summed E-state index contributed by atoms with van der Waals surface area (Å²) in [6.45, 7) is 3.19. The van der Waals surface area contributed by atoms with Crippen LogP contribution in [0.5, 0.6) is 5.75 Å². The van der Waals surface area contributed by atoms with Gasteiger partial charge in [0.1, 0.15) is 10.6 Å². The lowest BCUT2D eigenvalue weighted by molar-refractivity contribution is -0.124. The standard InChI is InChI=1S/C21H25BrN2O5S/c1-3-28-21(27)17-14-9-10-15(22)18(19(14)30-20(17)23-12(2)25)29-11-16(26)24-13-7-5-4-6-8-13/h9-10,13H,3-8,11H2,1-2H3,(H,23,25)(H,24,26). The summed E-state index contributed by atoms with van der Waals surface area (Å²) in [5, 5.41) is 6.72. The molecule has 7 nitrogen and oxygen atoms in total. The predicted molar refractivity (Wildman–Crippen MR) is 120 cm³/mol. The molecule has 2 N–H and O–H groups in total. The van der Waals surface area contributed by atoms with Gasteiger partial charge in [-0.15, -0.1) is 11.3 Å². The van der Waals surface area contributed by atoms with E-state index in [9.17, 15) is 14.4 Å². The molecule has 9 heteroatoms. The molecule has 162 valence electrons. The summed E-state index contributed by atoms with van der Waals surface area (Å²) < 4.78 is 12.3. The molecule has 3 rings (SSSR count). The predicted octanol–water partition coefficient (Wildman–Crippen LogP) is 4.63. The van der Waals surface area contributed by atoms with Gasteiger partial charge in [-0.05, 0) is 41.8 Å². The van der Waals surface area contributed by atoms with Crippen LogP contribution in [0.25, 0.3) is 10.1 Å². The summed E-state index contributed by atoms with van der Waals surface area (Å²) in [6, 6.07) is 3.73. The van der Waals surface area contributed by atoms with Gasteiger partial charge in [0.15, 0.2) is 12.4 Å². The summed E-state index contributed by atoms with van der Waals surface area (Å²) in [5.41, 5.74) is 0.288. The van der Waals surface area contributed by atoms with Gasteiger partial charge in [-0.3, -0.25) is 9.59 Å². The zero-order valence-electron chi connectivity index (χ0n) is 17.0. The molecule has 0 unspecified atom stereocenters. The highest BCUT2D eigenvalue weighted by Crippen LogP contribution is 2.44. The molecule has 30 heavy (non-hydrogen) atoms. The van der Waals surface area contributed by atoms with Gasteiger partial charge in [0.25, 0.3) is 5.91 Å². The molecule has 1 aromatic carbocycles. The minimum absolute atomic E-state index is 0.129. The summed E-state index contributed by atoms with van der Waals surface area (Å²) in [7, 11) is 0. The molecular weight excluding hydrogens is 472 g/mol. The number of thiophene rings is 1. The van der Waals surface area contributed by atoms with Crippen LogP contribution in [0, 0.1) is 0 Å². The molecule has 2 aromatic rings. The third-order valence-electron chi connectivity index (χ3n) is 4.85. The van der Waals surface area contributed by atoms with Crippen LogP contribution in [0.3, 0.4) is 0 Å². The second kappa shape index (κ2) is 10.3. The molecule has 1 aromatic heterocycles. The third-order valence-corrected chi connectivity index (χ3v) is 6.60. The van der Waals surface area contributed by atoms with Gasteiger partial charge in [-0.1, -0.05) is 25.3 Å². The number of carbonyl (C=O) groups is 3. The number of ether oxygens (including phenoxy) is 2. The first-order chi connectivity index (χ1) is 14.4. The maximum Gasteiger partial charge on any atom is 0.341 e. The van der Waals surface area contributed by atoms with Crippen LogP contribution in [-0.4, -0.2) is 37.0 Å². The van der Waals surface area contributed by atoms with Crippen molar-refractivity contribution in [1.29, 1.82) is 0 Å². The number of anilines is 1. The Labute approximate surface area is 187 Å². The topological polar surface area (TPSA) is 93.7 Å². The molecule has 1 saturated carbocycles. The van der Waals surface area contributed by atoms with E-state index in [1.165, 1.54) is 24.7 Å².